The van der Waals surface area contributed by atoms with Gasteiger partial charge in [0.15, 0.2) is 5.11 Å². The molecule has 5 rings (SSSR count). The summed E-state index contributed by atoms with van der Waals surface area (Å²) in [4.78, 5) is 8.89. The highest BCUT2D eigenvalue weighted by atomic mass is 32.1. The summed E-state index contributed by atoms with van der Waals surface area (Å²) in [6.07, 6.45) is 1.82. The van der Waals surface area contributed by atoms with Crippen LogP contribution in [0.15, 0.2) is 79.0 Å². The molecular formula is C28H29N5OS. The Morgan fingerprint density at radius 2 is 1.63 bits per heavy atom. The largest absolute Gasteiger partial charge is 0.508 e. The molecule has 6 nitrogen and oxygen atoms in total. The number of hydrogen-bond donors (Lipinski definition) is 2. The molecule has 1 aliphatic heterocycles. The minimum atomic E-state index is -0.123. The lowest BCUT2D eigenvalue weighted by Gasteiger charge is -2.28. The molecule has 2 N–H and O–H groups in total. The van der Waals surface area contributed by atoms with Crippen molar-refractivity contribution >= 4 is 28.7 Å². The smallest absolute Gasteiger partial charge is 0.174 e. The zero-order chi connectivity index (χ0) is 24.7. The molecule has 1 aliphatic rings. The fourth-order valence-corrected chi connectivity index (χ4v) is 5.29. The maximum Gasteiger partial charge on any atom is 0.174 e. The first-order valence-corrected chi connectivity index (χ1v) is 12.0. The monoisotopic (exact) mass is 483 g/mol. The van der Waals surface area contributed by atoms with Gasteiger partial charge in [-0.1, -0.05) is 6.07 Å². The first-order valence-electron chi connectivity index (χ1n) is 11.6. The Kier molecular flexibility index (Phi) is 5.94. The van der Waals surface area contributed by atoms with Gasteiger partial charge < -0.3 is 24.8 Å². The number of nitrogens with one attached hydrogen (secondary N) is 1. The van der Waals surface area contributed by atoms with E-state index in [1.165, 1.54) is 5.56 Å². The van der Waals surface area contributed by atoms with Crippen molar-refractivity contribution in [3.8, 4) is 11.4 Å². The molecule has 0 spiro atoms. The lowest BCUT2D eigenvalue weighted by atomic mass is 9.96. The first-order chi connectivity index (χ1) is 16.8. The standard InChI is InChI=1S/C28H29N5OS/c1-18-17-24(19(2)32(18)21-10-8-20(9-11-21)31(3)4)27-26(25-7-5-6-16-29-25)30-28(35)33(27)22-12-14-23(34)15-13-22/h5-17,26-27,34H,1-4H3,(H,30,35)/t26-,27-/m1/s1. The van der Waals surface area contributed by atoms with Crippen molar-refractivity contribution in [1.82, 2.24) is 14.9 Å². The second kappa shape index (κ2) is 9.07. The Hall–Kier alpha value is -3.84. The van der Waals surface area contributed by atoms with Gasteiger partial charge in [0.1, 0.15) is 5.75 Å². The molecule has 0 bridgehead atoms. The van der Waals surface area contributed by atoms with Crippen LogP contribution in [0.2, 0.25) is 0 Å². The van der Waals surface area contributed by atoms with Crippen LogP contribution in [0.4, 0.5) is 11.4 Å². The molecule has 4 aromatic rings. The third kappa shape index (κ3) is 4.12. The summed E-state index contributed by atoms with van der Waals surface area (Å²) in [5.41, 5.74) is 7.62. The van der Waals surface area contributed by atoms with E-state index in [1.54, 1.807) is 12.1 Å². The number of aryl methyl sites for hydroxylation is 1. The molecule has 178 valence electrons. The van der Waals surface area contributed by atoms with E-state index in [4.69, 9.17) is 12.2 Å². The highest BCUT2D eigenvalue weighted by molar-refractivity contribution is 7.80. The van der Waals surface area contributed by atoms with Gasteiger partial charge in [0.05, 0.1) is 17.8 Å². The second-order valence-corrected chi connectivity index (χ2v) is 9.47. The molecular weight excluding hydrogens is 454 g/mol. The van der Waals surface area contributed by atoms with Gasteiger partial charge in [-0.15, -0.1) is 0 Å². The summed E-state index contributed by atoms with van der Waals surface area (Å²) in [5, 5.41) is 14.0. The normalized spacial score (nSPS) is 17.5. The molecule has 0 amide bonds. The van der Waals surface area contributed by atoms with Gasteiger partial charge in [-0.2, -0.15) is 0 Å². The predicted molar refractivity (Wildman–Crippen MR) is 146 cm³/mol. The Labute approximate surface area is 211 Å². The number of aromatic hydroxyl groups is 1. The Balaban J connectivity index is 1.64. The number of benzene rings is 2. The summed E-state index contributed by atoms with van der Waals surface area (Å²) in [6, 6.07) is 23.8. The van der Waals surface area contributed by atoms with E-state index in [2.05, 4.69) is 68.8 Å². The van der Waals surface area contributed by atoms with E-state index >= 15 is 0 Å². The van der Waals surface area contributed by atoms with Crippen LogP contribution in [0, 0.1) is 13.8 Å². The molecule has 1 saturated heterocycles. The van der Waals surface area contributed by atoms with Crippen LogP contribution in [0.5, 0.6) is 5.75 Å². The second-order valence-electron chi connectivity index (χ2n) is 9.09. The summed E-state index contributed by atoms with van der Waals surface area (Å²) in [6.45, 7) is 4.30. The quantitative estimate of drug-likeness (QED) is 0.369. The van der Waals surface area contributed by atoms with Crippen LogP contribution in [0.3, 0.4) is 0 Å². The number of pyridine rings is 1. The third-order valence-corrected chi connectivity index (χ3v) is 6.95. The van der Waals surface area contributed by atoms with E-state index in [9.17, 15) is 5.11 Å². The Morgan fingerprint density at radius 1 is 0.943 bits per heavy atom. The molecule has 0 unspecified atom stereocenters. The molecule has 2 aromatic carbocycles. The summed E-state index contributed by atoms with van der Waals surface area (Å²) in [7, 11) is 4.09. The van der Waals surface area contributed by atoms with Gasteiger partial charge in [-0.3, -0.25) is 4.98 Å². The zero-order valence-electron chi connectivity index (χ0n) is 20.3. The Bertz CT molecular complexity index is 1350. The summed E-state index contributed by atoms with van der Waals surface area (Å²) < 4.78 is 2.29. The fourth-order valence-electron chi connectivity index (χ4n) is 4.95. The maximum atomic E-state index is 9.86. The van der Waals surface area contributed by atoms with E-state index in [-0.39, 0.29) is 17.8 Å². The van der Waals surface area contributed by atoms with Crippen LogP contribution >= 0.6 is 12.2 Å². The highest BCUT2D eigenvalue weighted by Crippen LogP contribution is 2.44. The van der Waals surface area contributed by atoms with Gasteiger partial charge in [0.2, 0.25) is 0 Å². The van der Waals surface area contributed by atoms with Crippen LogP contribution < -0.4 is 15.1 Å². The lowest BCUT2D eigenvalue weighted by Crippen LogP contribution is -2.29. The van der Waals surface area contributed by atoms with Gasteiger partial charge >= 0.3 is 0 Å². The van der Waals surface area contributed by atoms with Gasteiger partial charge in [-0.25, -0.2) is 0 Å². The maximum absolute atomic E-state index is 9.86. The fraction of sp³-hybridized carbons (Fsp3) is 0.214. The van der Waals surface area contributed by atoms with Crippen molar-refractivity contribution in [2.45, 2.75) is 25.9 Å². The number of nitrogens with zero attached hydrogens (tertiary/aromatic N) is 4. The topological polar surface area (TPSA) is 56.6 Å². The zero-order valence-corrected chi connectivity index (χ0v) is 21.1. The molecule has 1 fully saturated rings. The average Bonchev–Trinajstić information content (AvgIpc) is 3.35. The third-order valence-electron chi connectivity index (χ3n) is 6.64. The highest BCUT2D eigenvalue weighted by Gasteiger charge is 2.42. The van der Waals surface area contributed by atoms with Crippen LogP contribution in [0.25, 0.3) is 5.69 Å². The molecule has 7 heteroatoms. The van der Waals surface area contributed by atoms with Crippen molar-refractivity contribution in [3.63, 3.8) is 0 Å². The van der Waals surface area contributed by atoms with Crippen LogP contribution in [-0.4, -0.2) is 33.9 Å². The van der Waals surface area contributed by atoms with Gasteiger partial charge in [0.25, 0.3) is 0 Å². The molecule has 0 radical (unpaired) electrons. The molecule has 3 heterocycles. The van der Waals surface area contributed by atoms with Crippen molar-refractivity contribution < 1.29 is 5.11 Å². The minimum absolute atomic E-state index is 0.108. The summed E-state index contributed by atoms with van der Waals surface area (Å²) in [5.74, 6) is 0.226. The van der Waals surface area contributed by atoms with Crippen LogP contribution in [0.1, 0.15) is 34.7 Å². The van der Waals surface area contributed by atoms with E-state index in [1.807, 2.05) is 50.6 Å². The number of phenols is 1. The number of phenolic OH excluding ortho intramolecular Hbond substituents is 1. The average molecular weight is 484 g/mol. The number of hydrogen-bond acceptors (Lipinski definition) is 4. The Morgan fingerprint density at radius 3 is 2.26 bits per heavy atom. The van der Waals surface area contributed by atoms with Crippen molar-refractivity contribution in [1.29, 1.82) is 0 Å². The number of anilines is 2. The van der Waals surface area contributed by atoms with E-state index < -0.39 is 0 Å². The number of aromatic nitrogens is 2. The number of rotatable bonds is 5. The number of thiocarbonyl (C=S) groups is 1. The van der Waals surface area contributed by atoms with Crippen molar-refractivity contribution in [2.75, 3.05) is 23.9 Å². The lowest BCUT2D eigenvalue weighted by molar-refractivity contribution is 0.475. The van der Waals surface area contributed by atoms with Gasteiger partial charge in [-0.05, 0) is 98.4 Å². The van der Waals surface area contributed by atoms with Crippen LogP contribution in [-0.2, 0) is 0 Å². The van der Waals surface area contributed by atoms with Crippen molar-refractivity contribution in [2.24, 2.45) is 0 Å². The molecule has 35 heavy (non-hydrogen) atoms. The predicted octanol–water partition coefficient (Wildman–Crippen LogP) is 5.44. The molecule has 0 aliphatic carbocycles. The summed E-state index contributed by atoms with van der Waals surface area (Å²) >= 11 is 5.84. The van der Waals surface area contributed by atoms with Crippen molar-refractivity contribution in [3.05, 3.63) is 102 Å². The van der Waals surface area contributed by atoms with E-state index in [0.717, 1.165) is 34.1 Å². The molecule has 2 aromatic heterocycles. The first kappa shape index (κ1) is 22.9. The molecule has 2 atom stereocenters. The SMILES string of the molecule is Cc1cc([C@@H]2[C@@H](c3ccccn3)NC(=S)N2c2ccc(O)cc2)c(C)n1-c1ccc(N(C)C)cc1. The minimum Gasteiger partial charge on any atom is -0.508 e. The molecule has 0 saturated carbocycles. The van der Waals surface area contributed by atoms with Gasteiger partial charge in [0, 0.05) is 48.7 Å². The van der Waals surface area contributed by atoms with E-state index in [0.29, 0.717) is 5.11 Å².